The van der Waals surface area contributed by atoms with Gasteiger partial charge in [-0.1, -0.05) is 23.8 Å². The Morgan fingerprint density at radius 3 is 2.64 bits per heavy atom. The lowest BCUT2D eigenvalue weighted by atomic mass is 10.1. The van der Waals surface area contributed by atoms with Crippen LogP contribution in [0.15, 0.2) is 51.8 Å². The molecule has 0 atom stereocenters. The summed E-state index contributed by atoms with van der Waals surface area (Å²) in [7, 11) is 0. The Morgan fingerprint density at radius 2 is 1.95 bits per heavy atom. The van der Waals surface area contributed by atoms with Gasteiger partial charge in [-0.3, -0.25) is 4.79 Å². The van der Waals surface area contributed by atoms with Crippen LogP contribution in [0.3, 0.4) is 0 Å². The Bertz CT molecular complexity index is 646. The standard InChI is InChI=1S/C17H17BrFNOS/c1-12-2-5-14(6-3-12)22-11-17(21)20-9-8-13-4-7-16(19)15(18)10-13/h2-7,10H,8-9,11H2,1H3,(H,20,21). The number of hydrogen-bond donors (Lipinski definition) is 1. The Balaban J connectivity index is 1.71. The van der Waals surface area contributed by atoms with E-state index in [0.29, 0.717) is 23.2 Å². The average molecular weight is 382 g/mol. The van der Waals surface area contributed by atoms with Gasteiger partial charge in [-0.05, 0) is 59.1 Å². The second-order valence-electron chi connectivity index (χ2n) is 4.95. The second-order valence-corrected chi connectivity index (χ2v) is 6.85. The van der Waals surface area contributed by atoms with E-state index in [4.69, 9.17) is 0 Å². The summed E-state index contributed by atoms with van der Waals surface area (Å²) in [5, 5.41) is 2.88. The molecule has 2 aromatic rings. The molecule has 0 unspecified atom stereocenters. The van der Waals surface area contributed by atoms with Crippen molar-refractivity contribution in [2.45, 2.75) is 18.2 Å². The van der Waals surface area contributed by atoms with E-state index >= 15 is 0 Å². The molecular formula is C17H17BrFNOS. The monoisotopic (exact) mass is 381 g/mol. The quantitative estimate of drug-likeness (QED) is 0.753. The fraction of sp³-hybridized carbons (Fsp3) is 0.235. The number of aryl methyl sites for hydroxylation is 1. The van der Waals surface area contributed by atoms with Gasteiger partial charge in [0.1, 0.15) is 5.82 Å². The summed E-state index contributed by atoms with van der Waals surface area (Å²) in [4.78, 5) is 12.9. The molecule has 1 N–H and O–H groups in total. The highest BCUT2D eigenvalue weighted by Crippen LogP contribution is 2.18. The molecular weight excluding hydrogens is 365 g/mol. The number of carbonyl (C=O) groups excluding carboxylic acids is 1. The third-order valence-electron chi connectivity index (χ3n) is 3.11. The highest BCUT2D eigenvalue weighted by atomic mass is 79.9. The minimum atomic E-state index is -0.276. The van der Waals surface area contributed by atoms with Gasteiger partial charge in [-0.15, -0.1) is 11.8 Å². The summed E-state index contributed by atoms with van der Waals surface area (Å²) >= 11 is 4.68. The zero-order valence-electron chi connectivity index (χ0n) is 12.2. The topological polar surface area (TPSA) is 29.1 Å². The van der Waals surface area contributed by atoms with Gasteiger partial charge in [-0.2, -0.15) is 0 Å². The van der Waals surface area contributed by atoms with E-state index in [-0.39, 0.29) is 11.7 Å². The van der Waals surface area contributed by atoms with Crippen LogP contribution in [0.4, 0.5) is 4.39 Å². The Labute approximate surface area is 142 Å². The zero-order valence-corrected chi connectivity index (χ0v) is 14.6. The van der Waals surface area contributed by atoms with Gasteiger partial charge in [-0.25, -0.2) is 4.39 Å². The number of halogens is 2. The molecule has 2 nitrogen and oxygen atoms in total. The summed E-state index contributed by atoms with van der Waals surface area (Å²) < 4.78 is 13.6. The minimum absolute atomic E-state index is 0.00625. The summed E-state index contributed by atoms with van der Waals surface area (Å²) in [6, 6.07) is 13.0. The first kappa shape index (κ1) is 17.0. The van der Waals surface area contributed by atoms with E-state index in [2.05, 4.69) is 21.2 Å². The Kier molecular flexibility index (Phi) is 6.46. The Hall–Kier alpha value is -1.33. The molecule has 22 heavy (non-hydrogen) atoms. The summed E-state index contributed by atoms with van der Waals surface area (Å²) in [6.45, 7) is 2.58. The van der Waals surface area contributed by atoms with Gasteiger partial charge in [0.2, 0.25) is 5.91 Å². The number of rotatable bonds is 6. The molecule has 0 aliphatic rings. The maximum absolute atomic E-state index is 13.1. The third kappa shape index (κ3) is 5.46. The molecule has 0 saturated carbocycles. The van der Waals surface area contributed by atoms with Crippen molar-refractivity contribution in [3.05, 3.63) is 63.9 Å². The van der Waals surface area contributed by atoms with Crippen molar-refractivity contribution in [2.24, 2.45) is 0 Å². The first-order valence-electron chi connectivity index (χ1n) is 6.94. The minimum Gasteiger partial charge on any atom is -0.355 e. The normalized spacial score (nSPS) is 10.5. The molecule has 0 aliphatic heterocycles. The highest BCUT2D eigenvalue weighted by molar-refractivity contribution is 9.10. The molecule has 2 aromatic carbocycles. The zero-order chi connectivity index (χ0) is 15.9. The lowest BCUT2D eigenvalue weighted by molar-refractivity contribution is -0.118. The molecule has 1 amide bonds. The predicted octanol–water partition coefficient (Wildman–Crippen LogP) is 4.35. The molecule has 116 valence electrons. The first-order valence-corrected chi connectivity index (χ1v) is 8.72. The van der Waals surface area contributed by atoms with E-state index in [0.717, 1.165) is 10.5 Å². The van der Waals surface area contributed by atoms with Crippen LogP contribution in [0.1, 0.15) is 11.1 Å². The maximum Gasteiger partial charge on any atom is 0.230 e. The molecule has 0 radical (unpaired) electrons. The van der Waals surface area contributed by atoms with Crippen LogP contribution >= 0.6 is 27.7 Å². The summed E-state index contributed by atoms with van der Waals surface area (Å²) in [6.07, 6.45) is 0.680. The van der Waals surface area contributed by atoms with Crippen LogP contribution in [0.5, 0.6) is 0 Å². The third-order valence-corrected chi connectivity index (χ3v) is 4.73. The molecule has 0 aliphatic carbocycles. The predicted molar refractivity (Wildman–Crippen MR) is 92.7 cm³/mol. The lowest BCUT2D eigenvalue weighted by Gasteiger charge is -2.06. The fourth-order valence-corrected chi connectivity index (χ4v) is 3.03. The smallest absolute Gasteiger partial charge is 0.230 e. The SMILES string of the molecule is Cc1ccc(SCC(=O)NCCc2ccc(F)c(Br)c2)cc1. The summed E-state index contributed by atoms with van der Waals surface area (Å²) in [5.74, 6) is 0.130. The van der Waals surface area contributed by atoms with Gasteiger partial charge < -0.3 is 5.32 Å². The van der Waals surface area contributed by atoms with Crippen molar-refractivity contribution in [3.8, 4) is 0 Å². The van der Waals surface area contributed by atoms with Crippen LogP contribution in [-0.2, 0) is 11.2 Å². The van der Waals surface area contributed by atoms with Crippen molar-refractivity contribution < 1.29 is 9.18 Å². The molecule has 0 aromatic heterocycles. The van der Waals surface area contributed by atoms with Crippen molar-refractivity contribution >= 4 is 33.6 Å². The van der Waals surface area contributed by atoms with Crippen molar-refractivity contribution in [2.75, 3.05) is 12.3 Å². The van der Waals surface area contributed by atoms with Gasteiger partial charge >= 0.3 is 0 Å². The van der Waals surface area contributed by atoms with Crippen molar-refractivity contribution in [3.63, 3.8) is 0 Å². The van der Waals surface area contributed by atoms with E-state index in [1.807, 2.05) is 31.2 Å². The number of hydrogen-bond acceptors (Lipinski definition) is 2. The molecule has 5 heteroatoms. The van der Waals surface area contributed by atoms with E-state index < -0.39 is 0 Å². The lowest BCUT2D eigenvalue weighted by Crippen LogP contribution is -2.27. The van der Waals surface area contributed by atoms with Crippen LogP contribution in [0, 0.1) is 12.7 Å². The largest absolute Gasteiger partial charge is 0.355 e. The highest BCUT2D eigenvalue weighted by Gasteiger charge is 2.04. The number of amides is 1. The second kappa shape index (κ2) is 8.34. The molecule has 0 fully saturated rings. The molecule has 0 saturated heterocycles. The number of carbonyl (C=O) groups is 1. The van der Waals surface area contributed by atoms with Crippen LogP contribution in [0.2, 0.25) is 0 Å². The van der Waals surface area contributed by atoms with Crippen LogP contribution in [0.25, 0.3) is 0 Å². The van der Waals surface area contributed by atoms with Crippen LogP contribution in [-0.4, -0.2) is 18.2 Å². The summed E-state index contributed by atoms with van der Waals surface area (Å²) in [5.41, 5.74) is 2.19. The molecule has 0 spiro atoms. The van der Waals surface area contributed by atoms with E-state index in [1.165, 1.54) is 23.4 Å². The van der Waals surface area contributed by atoms with Gasteiger partial charge in [0.15, 0.2) is 0 Å². The maximum atomic E-state index is 13.1. The molecule has 0 heterocycles. The Morgan fingerprint density at radius 1 is 1.23 bits per heavy atom. The van der Waals surface area contributed by atoms with Gasteiger partial charge in [0, 0.05) is 11.4 Å². The van der Waals surface area contributed by atoms with Gasteiger partial charge in [0.05, 0.1) is 10.2 Å². The fourth-order valence-electron chi connectivity index (χ4n) is 1.88. The van der Waals surface area contributed by atoms with Crippen LogP contribution < -0.4 is 5.32 Å². The van der Waals surface area contributed by atoms with E-state index in [9.17, 15) is 9.18 Å². The molecule has 0 bridgehead atoms. The van der Waals surface area contributed by atoms with Gasteiger partial charge in [0.25, 0.3) is 0 Å². The van der Waals surface area contributed by atoms with Crippen molar-refractivity contribution in [1.82, 2.24) is 5.32 Å². The number of nitrogens with one attached hydrogen (secondary N) is 1. The van der Waals surface area contributed by atoms with Crippen molar-refractivity contribution in [1.29, 1.82) is 0 Å². The molecule has 2 rings (SSSR count). The van der Waals surface area contributed by atoms with E-state index in [1.54, 1.807) is 12.1 Å². The number of benzene rings is 2. The first-order chi connectivity index (χ1) is 10.5. The number of thioether (sulfide) groups is 1. The average Bonchev–Trinajstić information content (AvgIpc) is 2.50.